The van der Waals surface area contributed by atoms with Crippen LogP contribution in [0.2, 0.25) is 0 Å². The Hall–Kier alpha value is -3.48. The van der Waals surface area contributed by atoms with Crippen molar-refractivity contribution in [1.29, 1.82) is 0 Å². The van der Waals surface area contributed by atoms with Crippen LogP contribution in [0.15, 0.2) is 36.4 Å². The van der Waals surface area contributed by atoms with E-state index in [0.717, 1.165) is 22.2 Å². The van der Waals surface area contributed by atoms with Crippen molar-refractivity contribution >= 4 is 28.5 Å². The fourth-order valence-corrected chi connectivity index (χ4v) is 3.09. The topological polar surface area (TPSA) is 89.7 Å². The van der Waals surface area contributed by atoms with Gasteiger partial charge >= 0.3 is 5.97 Å². The second-order valence-corrected chi connectivity index (χ2v) is 6.74. The van der Waals surface area contributed by atoms with E-state index in [1.807, 2.05) is 19.9 Å². The molecule has 2 aromatic carbocycles. The lowest BCUT2D eigenvalue weighted by Gasteiger charge is -2.14. The highest BCUT2D eigenvalue weighted by Gasteiger charge is 2.21. The van der Waals surface area contributed by atoms with Crippen molar-refractivity contribution in [3.05, 3.63) is 53.2 Å². The molecule has 0 saturated carbocycles. The van der Waals surface area contributed by atoms with Crippen LogP contribution in [0.3, 0.4) is 0 Å². The van der Waals surface area contributed by atoms with E-state index in [1.165, 1.54) is 6.92 Å². The van der Waals surface area contributed by atoms with Gasteiger partial charge in [0.25, 0.3) is 5.91 Å². The molecule has 0 aliphatic carbocycles. The number of aromatic amines is 1. The minimum Gasteiger partial charge on any atom is -0.454 e. The number of aryl methyl sites for hydroxylation is 2. The van der Waals surface area contributed by atoms with Gasteiger partial charge in [-0.1, -0.05) is 0 Å². The highest BCUT2D eigenvalue weighted by atomic mass is 16.7. The number of fused-ring (bicyclic) bond motifs is 2. The molecule has 1 aliphatic rings. The molecule has 2 N–H and O–H groups in total. The third kappa shape index (κ3) is 3.26. The Morgan fingerprint density at radius 3 is 2.71 bits per heavy atom. The number of amides is 1. The van der Waals surface area contributed by atoms with E-state index in [9.17, 15) is 9.59 Å². The molecule has 7 heteroatoms. The Morgan fingerprint density at radius 1 is 1.11 bits per heavy atom. The molecule has 7 nitrogen and oxygen atoms in total. The molecule has 0 bridgehead atoms. The highest BCUT2D eigenvalue weighted by molar-refractivity contribution is 5.99. The lowest BCUT2D eigenvalue weighted by Crippen LogP contribution is -2.30. The first-order valence-corrected chi connectivity index (χ1v) is 8.93. The van der Waals surface area contributed by atoms with E-state index >= 15 is 0 Å². The number of nitrogens with one attached hydrogen (secondary N) is 2. The Morgan fingerprint density at radius 2 is 1.89 bits per heavy atom. The molecule has 0 saturated heterocycles. The summed E-state index contributed by atoms with van der Waals surface area (Å²) in [5, 5.41) is 3.68. The van der Waals surface area contributed by atoms with Crippen molar-refractivity contribution in [2.75, 3.05) is 12.1 Å². The Kier molecular flexibility index (Phi) is 4.43. The summed E-state index contributed by atoms with van der Waals surface area (Å²) in [6, 6.07) is 10.4. The van der Waals surface area contributed by atoms with E-state index in [1.54, 1.807) is 30.3 Å². The minimum atomic E-state index is -0.956. The number of ether oxygens (including phenoxy) is 3. The first-order valence-electron chi connectivity index (χ1n) is 8.93. The van der Waals surface area contributed by atoms with Gasteiger partial charge in [0, 0.05) is 28.4 Å². The van der Waals surface area contributed by atoms with Crippen LogP contribution in [0.25, 0.3) is 10.9 Å². The van der Waals surface area contributed by atoms with Crippen LogP contribution in [-0.4, -0.2) is 29.8 Å². The molecule has 2 heterocycles. The van der Waals surface area contributed by atoms with Crippen LogP contribution in [0.4, 0.5) is 5.69 Å². The van der Waals surface area contributed by atoms with Crippen LogP contribution < -0.4 is 14.8 Å². The smallest absolute Gasteiger partial charge is 0.338 e. The Balaban J connectivity index is 1.43. The van der Waals surface area contributed by atoms with Gasteiger partial charge in [-0.05, 0) is 56.7 Å². The van der Waals surface area contributed by atoms with Gasteiger partial charge in [0.15, 0.2) is 17.6 Å². The van der Waals surface area contributed by atoms with Crippen molar-refractivity contribution in [3.63, 3.8) is 0 Å². The van der Waals surface area contributed by atoms with Crippen LogP contribution in [0.5, 0.6) is 11.5 Å². The third-order valence-corrected chi connectivity index (χ3v) is 4.84. The van der Waals surface area contributed by atoms with E-state index in [2.05, 4.69) is 10.3 Å². The second-order valence-electron chi connectivity index (χ2n) is 6.74. The molecule has 1 aromatic heterocycles. The molecule has 3 aromatic rings. The number of anilines is 1. The van der Waals surface area contributed by atoms with Gasteiger partial charge in [-0.3, -0.25) is 4.79 Å². The molecule has 1 unspecified atom stereocenters. The standard InChI is InChI=1S/C21H20N2O5/c1-11-12(2)22-17-6-4-14(8-16(11)17)21(25)28-13(3)20(24)23-15-5-7-18-19(9-15)27-10-26-18/h4-9,13,22H,10H2,1-3H3,(H,23,24). The number of aromatic nitrogens is 1. The van der Waals surface area contributed by atoms with Gasteiger partial charge in [-0.15, -0.1) is 0 Å². The number of rotatable bonds is 4. The van der Waals surface area contributed by atoms with Gasteiger partial charge in [0.2, 0.25) is 6.79 Å². The fourth-order valence-electron chi connectivity index (χ4n) is 3.09. The van der Waals surface area contributed by atoms with Gasteiger partial charge in [-0.25, -0.2) is 4.79 Å². The summed E-state index contributed by atoms with van der Waals surface area (Å²) in [6.07, 6.45) is -0.956. The number of esters is 1. The molecule has 0 fully saturated rings. The maximum absolute atomic E-state index is 12.5. The van der Waals surface area contributed by atoms with Crippen LogP contribution >= 0.6 is 0 Å². The number of hydrogen-bond donors (Lipinski definition) is 2. The highest BCUT2D eigenvalue weighted by Crippen LogP contribution is 2.34. The van der Waals surface area contributed by atoms with E-state index in [4.69, 9.17) is 14.2 Å². The molecular weight excluding hydrogens is 360 g/mol. The van der Waals surface area contributed by atoms with Gasteiger partial charge in [0.1, 0.15) is 0 Å². The van der Waals surface area contributed by atoms with Crippen molar-refractivity contribution in [3.8, 4) is 11.5 Å². The molecule has 4 rings (SSSR count). The third-order valence-electron chi connectivity index (χ3n) is 4.84. The first-order chi connectivity index (χ1) is 13.4. The zero-order valence-corrected chi connectivity index (χ0v) is 15.8. The summed E-state index contributed by atoms with van der Waals surface area (Å²) in [5.41, 5.74) is 4.03. The van der Waals surface area contributed by atoms with E-state index in [0.29, 0.717) is 22.7 Å². The number of carbonyl (C=O) groups is 2. The van der Waals surface area contributed by atoms with E-state index < -0.39 is 18.0 Å². The maximum Gasteiger partial charge on any atom is 0.338 e. The first kappa shape index (κ1) is 17.9. The quantitative estimate of drug-likeness (QED) is 0.674. The van der Waals surface area contributed by atoms with Crippen molar-refractivity contribution in [2.24, 2.45) is 0 Å². The van der Waals surface area contributed by atoms with Gasteiger partial charge in [0.05, 0.1) is 5.56 Å². The predicted molar refractivity (Wildman–Crippen MR) is 104 cm³/mol. The Labute approximate surface area is 161 Å². The number of benzene rings is 2. The SMILES string of the molecule is Cc1[nH]c2ccc(C(=O)OC(C)C(=O)Nc3ccc4c(c3)OCO4)cc2c1C. The predicted octanol–water partition coefficient (Wildman–Crippen LogP) is 3.70. The second kappa shape index (κ2) is 6.92. The molecule has 0 radical (unpaired) electrons. The lowest BCUT2D eigenvalue weighted by molar-refractivity contribution is -0.123. The zero-order valence-electron chi connectivity index (χ0n) is 15.8. The Bertz CT molecular complexity index is 1090. The summed E-state index contributed by atoms with van der Waals surface area (Å²) >= 11 is 0. The fraction of sp³-hybridized carbons (Fsp3) is 0.238. The van der Waals surface area contributed by atoms with Crippen LogP contribution in [-0.2, 0) is 9.53 Å². The largest absolute Gasteiger partial charge is 0.454 e. The monoisotopic (exact) mass is 380 g/mol. The zero-order chi connectivity index (χ0) is 19.8. The minimum absolute atomic E-state index is 0.158. The average molecular weight is 380 g/mol. The summed E-state index contributed by atoms with van der Waals surface area (Å²) in [6.45, 7) is 5.66. The molecule has 1 aliphatic heterocycles. The van der Waals surface area contributed by atoms with Gasteiger partial charge in [-0.2, -0.15) is 0 Å². The van der Waals surface area contributed by atoms with Crippen molar-refractivity contribution < 1.29 is 23.8 Å². The normalized spacial score (nSPS) is 13.4. The maximum atomic E-state index is 12.5. The van der Waals surface area contributed by atoms with E-state index in [-0.39, 0.29) is 6.79 Å². The average Bonchev–Trinajstić information content (AvgIpc) is 3.25. The van der Waals surface area contributed by atoms with Crippen molar-refractivity contribution in [1.82, 2.24) is 4.98 Å². The number of hydrogen-bond acceptors (Lipinski definition) is 5. The molecule has 1 atom stereocenters. The van der Waals surface area contributed by atoms with Gasteiger partial charge < -0.3 is 24.5 Å². The molecule has 28 heavy (non-hydrogen) atoms. The molecule has 144 valence electrons. The lowest BCUT2D eigenvalue weighted by atomic mass is 10.1. The van der Waals surface area contributed by atoms with Crippen molar-refractivity contribution in [2.45, 2.75) is 26.9 Å². The number of carbonyl (C=O) groups excluding carboxylic acids is 2. The molecule has 1 amide bonds. The molecular formula is C21H20N2O5. The summed E-state index contributed by atoms with van der Waals surface area (Å²) in [5.74, 6) is 0.214. The summed E-state index contributed by atoms with van der Waals surface area (Å²) in [7, 11) is 0. The summed E-state index contributed by atoms with van der Waals surface area (Å²) in [4.78, 5) is 28.1. The molecule has 0 spiro atoms. The van der Waals surface area contributed by atoms with Crippen LogP contribution in [0.1, 0.15) is 28.5 Å². The van der Waals surface area contributed by atoms with Crippen LogP contribution in [0, 0.1) is 13.8 Å². The number of H-pyrrole nitrogens is 1. The summed E-state index contributed by atoms with van der Waals surface area (Å²) < 4.78 is 15.9.